The molecule has 0 saturated carbocycles. The second-order valence-electron chi connectivity index (χ2n) is 7.07. The Morgan fingerprint density at radius 1 is 0.543 bits per heavy atom. The van der Waals surface area contributed by atoms with Crippen molar-refractivity contribution in [1.82, 2.24) is 0 Å². The quantitative estimate of drug-likeness (QED) is 0.219. The molecule has 0 aliphatic carbocycles. The molecule has 4 aromatic carbocycles. The smallest absolute Gasteiger partial charge is 0.451 e. The van der Waals surface area contributed by atoms with E-state index in [0.717, 1.165) is 10.8 Å². The maximum atomic E-state index is 12.7. The predicted molar refractivity (Wildman–Crippen MR) is 122 cm³/mol. The third-order valence-electron chi connectivity index (χ3n) is 4.57. The van der Waals surface area contributed by atoms with Gasteiger partial charge in [-0.2, -0.15) is 16.8 Å². The van der Waals surface area contributed by atoms with Crippen molar-refractivity contribution in [2.75, 3.05) is 0 Å². The zero-order valence-corrected chi connectivity index (χ0v) is 19.2. The average molecular weight is 523 g/mol. The van der Waals surface area contributed by atoms with E-state index in [4.69, 9.17) is 9.47 Å². The molecular weight excluding hydrogens is 506 g/mol. The van der Waals surface area contributed by atoms with E-state index in [1.807, 2.05) is 36.4 Å². The van der Waals surface area contributed by atoms with Gasteiger partial charge in [0.25, 0.3) is 6.29 Å². The summed E-state index contributed by atoms with van der Waals surface area (Å²) >= 11 is 0. The molecule has 0 saturated heterocycles. The molecule has 12 heteroatoms. The second-order valence-corrected chi connectivity index (χ2v) is 8.98. The minimum absolute atomic E-state index is 0.246. The Morgan fingerprint density at radius 3 is 1.43 bits per heavy atom. The van der Waals surface area contributed by atoms with Crippen LogP contribution in [0.3, 0.4) is 0 Å². The molecular formula is C23H16F2O8S2. The van der Waals surface area contributed by atoms with Gasteiger partial charge in [-0.05, 0) is 65.4 Å². The molecule has 8 nitrogen and oxygen atoms in total. The lowest BCUT2D eigenvalue weighted by atomic mass is 10.1. The first-order valence-corrected chi connectivity index (χ1v) is 12.5. The molecule has 0 fully saturated rings. The molecule has 0 bridgehead atoms. The van der Waals surface area contributed by atoms with Gasteiger partial charge in [0.2, 0.25) is 0 Å². The second kappa shape index (κ2) is 9.76. The van der Waals surface area contributed by atoms with Crippen molar-refractivity contribution >= 4 is 31.8 Å². The molecule has 0 unspecified atom stereocenters. The van der Waals surface area contributed by atoms with Crippen molar-refractivity contribution in [2.45, 2.75) is 6.29 Å². The molecule has 0 heterocycles. The fourth-order valence-electron chi connectivity index (χ4n) is 3.14. The number of halogens is 2. The van der Waals surface area contributed by atoms with Crippen molar-refractivity contribution in [1.29, 1.82) is 0 Å². The highest BCUT2D eigenvalue weighted by molar-refractivity contribution is 7.82. The van der Waals surface area contributed by atoms with Crippen LogP contribution in [-0.2, 0) is 21.0 Å². The Kier molecular flexibility index (Phi) is 6.76. The van der Waals surface area contributed by atoms with Gasteiger partial charge < -0.3 is 17.8 Å². The standard InChI is InChI=1S/C23H16F2O8S2/c24-34(26,27)32-21-11-7-19(8-12-21)30-23(18-6-5-16-3-1-2-4-17(16)15-18)31-20-9-13-22(14-10-20)33-35(25,28)29/h1-15,23H. The monoisotopic (exact) mass is 522 g/mol. The van der Waals surface area contributed by atoms with Crippen LogP contribution in [0.2, 0.25) is 0 Å². The minimum Gasteiger partial charge on any atom is -0.451 e. The minimum atomic E-state index is -5.17. The number of benzene rings is 4. The van der Waals surface area contributed by atoms with Crippen molar-refractivity contribution in [3.63, 3.8) is 0 Å². The van der Waals surface area contributed by atoms with Crippen LogP contribution < -0.4 is 17.8 Å². The Bertz CT molecular complexity index is 1460. The van der Waals surface area contributed by atoms with Crippen LogP contribution in [0.25, 0.3) is 10.8 Å². The maximum Gasteiger partial charge on any atom is 0.488 e. The summed E-state index contributed by atoms with van der Waals surface area (Å²) < 4.78 is 88.3. The Morgan fingerprint density at radius 2 is 0.971 bits per heavy atom. The lowest BCUT2D eigenvalue weighted by Gasteiger charge is -2.21. The SMILES string of the molecule is O=S(=O)(F)Oc1ccc(OC(Oc2ccc(OS(=O)(=O)F)cc2)c2ccc3ccccc3c2)cc1. The van der Waals surface area contributed by atoms with Gasteiger partial charge in [0.05, 0.1) is 0 Å². The van der Waals surface area contributed by atoms with Gasteiger partial charge in [-0.1, -0.05) is 44.2 Å². The molecule has 0 N–H and O–H groups in total. The van der Waals surface area contributed by atoms with Gasteiger partial charge in [0, 0.05) is 5.56 Å². The summed E-state index contributed by atoms with van der Waals surface area (Å²) in [5.41, 5.74) is 0.613. The highest BCUT2D eigenvalue weighted by Gasteiger charge is 2.18. The maximum absolute atomic E-state index is 12.7. The van der Waals surface area contributed by atoms with E-state index >= 15 is 0 Å². The van der Waals surface area contributed by atoms with E-state index in [2.05, 4.69) is 8.37 Å². The summed E-state index contributed by atoms with van der Waals surface area (Å²) in [7, 11) is -10.3. The van der Waals surface area contributed by atoms with Crippen molar-refractivity contribution < 1.29 is 42.4 Å². The van der Waals surface area contributed by atoms with Crippen LogP contribution in [0.15, 0.2) is 91.0 Å². The molecule has 0 aromatic heterocycles. The van der Waals surface area contributed by atoms with Crippen molar-refractivity contribution in [2.24, 2.45) is 0 Å². The van der Waals surface area contributed by atoms with Gasteiger partial charge in [-0.25, -0.2) is 0 Å². The zero-order valence-electron chi connectivity index (χ0n) is 17.6. The van der Waals surface area contributed by atoms with Crippen LogP contribution >= 0.6 is 0 Å². The molecule has 35 heavy (non-hydrogen) atoms. The predicted octanol–water partition coefficient (Wildman–Crippen LogP) is 5.18. The molecule has 0 spiro atoms. The Balaban J connectivity index is 1.61. The normalized spacial score (nSPS) is 11.9. The molecule has 4 rings (SSSR count). The topological polar surface area (TPSA) is 105 Å². The molecule has 0 aliphatic heterocycles. The summed E-state index contributed by atoms with van der Waals surface area (Å²) in [6.07, 6.45) is -1.02. The van der Waals surface area contributed by atoms with E-state index in [1.165, 1.54) is 48.5 Å². The van der Waals surface area contributed by atoms with E-state index in [0.29, 0.717) is 5.56 Å². The van der Waals surface area contributed by atoms with Gasteiger partial charge in [-0.3, -0.25) is 0 Å². The summed E-state index contributed by atoms with van der Waals surface area (Å²) in [4.78, 5) is 0. The van der Waals surface area contributed by atoms with E-state index in [9.17, 15) is 24.6 Å². The highest BCUT2D eigenvalue weighted by atomic mass is 32.3. The summed E-state index contributed by atoms with van der Waals surface area (Å²) in [5, 5.41) is 1.90. The molecule has 182 valence electrons. The molecule has 0 amide bonds. The number of ether oxygens (including phenoxy) is 2. The first kappa shape index (κ1) is 24.2. The van der Waals surface area contributed by atoms with Crippen molar-refractivity contribution in [3.05, 3.63) is 96.6 Å². The fraction of sp³-hybridized carbons (Fsp3) is 0.0435. The summed E-state index contributed by atoms with van der Waals surface area (Å²) in [6.45, 7) is 0. The van der Waals surface area contributed by atoms with Gasteiger partial charge in [-0.15, -0.1) is 0 Å². The molecule has 0 atom stereocenters. The Hall–Kier alpha value is -3.90. The van der Waals surface area contributed by atoms with Crippen LogP contribution in [0, 0.1) is 0 Å². The first-order valence-electron chi connectivity index (χ1n) is 9.84. The van der Waals surface area contributed by atoms with Crippen LogP contribution in [0.1, 0.15) is 11.9 Å². The van der Waals surface area contributed by atoms with Gasteiger partial charge in [0.15, 0.2) is 0 Å². The number of fused-ring (bicyclic) bond motifs is 1. The largest absolute Gasteiger partial charge is 0.488 e. The van der Waals surface area contributed by atoms with Crippen LogP contribution in [0.5, 0.6) is 23.0 Å². The lowest BCUT2D eigenvalue weighted by molar-refractivity contribution is 0.00386. The molecule has 4 aromatic rings. The summed E-state index contributed by atoms with van der Waals surface area (Å²) in [6, 6.07) is 23.4. The van der Waals surface area contributed by atoms with Gasteiger partial charge >= 0.3 is 21.0 Å². The number of hydrogen-bond donors (Lipinski definition) is 0. The molecule has 0 aliphatic rings. The third kappa shape index (κ3) is 7.04. The van der Waals surface area contributed by atoms with E-state index in [-0.39, 0.29) is 23.0 Å². The van der Waals surface area contributed by atoms with E-state index in [1.54, 1.807) is 6.07 Å². The average Bonchev–Trinajstić information content (AvgIpc) is 2.79. The van der Waals surface area contributed by atoms with Crippen LogP contribution in [-0.4, -0.2) is 16.8 Å². The van der Waals surface area contributed by atoms with Gasteiger partial charge in [0.1, 0.15) is 23.0 Å². The number of hydrogen-bond acceptors (Lipinski definition) is 8. The first-order chi connectivity index (χ1) is 16.5. The van der Waals surface area contributed by atoms with E-state index < -0.39 is 27.3 Å². The summed E-state index contributed by atoms with van der Waals surface area (Å²) in [5.74, 6) is -0.00617. The highest BCUT2D eigenvalue weighted by Crippen LogP contribution is 2.30. The third-order valence-corrected chi connectivity index (χ3v) is 5.35. The Labute approximate surface area is 200 Å². The lowest BCUT2D eigenvalue weighted by Crippen LogP contribution is -2.15. The zero-order chi connectivity index (χ0) is 25.1. The van der Waals surface area contributed by atoms with Crippen molar-refractivity contribution in [3.8, 4) is 23.0 Å². The fourth-order valence-corrected chi connectivity index (χ4v) is 3.82. The van der Waals surface area contributed by atoms with Crippen LogP contribution in [0.4, 0.5) is 7.77 Å². The molecule has 0 radical (unpaired) electrons. The number of rotatable bonds is 9.